The standard InChI is InChI=1S/C27H27F6N5O4/c28-26(29,30)5-8-38-20-10-16(41-9-6-27(31,32)33)3-4-18(20)21(37-38)23(40)36-15-11-25(12-15)13-17(14-25)42-24-19(22(34)39)2-1-7-35-24/h1-4,7,10,15,17H,5-6,8-9,11-14H2,(H2,34,39)(H,36,40). The number of alkyl halides is 6. The fraction of sp³-hybridized carbons (Fsp3) is 0.481. The van der Waals surface area contributed by atoms with Crippen LogP contribution in [0.25, 0.3) is 10.9 Å². The number of nitrogens with two attached hydrogens (primary N) is 1. The van der Waals surface area contributed by atoms with Crippen LogP contribution in [0.5, 0.6) is 11.6 Å². The number of pyridine rings is 1. The molecule has 0 atom stereocenters. The van der Waals surface area contributed by atoms with E-state index in [0.717, 1.165) is 4.68 Å². The summed E-state index contributed by atoms with van der Waals surface area (Å²) in [5.41, 5.74) is 5.58. The van der Waals surface area contributed by atoms with Crippen molar-refractivity contribution in [2.45, 2.75) is 69.6 Å². The predicted molar refractivity (Wildman–Crippen MR) is 136 cm³/mol. The van der Waals surface area contributed by atoms with Crippen LogP contribution in [0.3, 0.4) is 0 Å². The molecule has 1 aromatic carbocycles. The molecule has 42 heavy (non-hydrogen) atoms. The fourth-order valence-corrected chi connectivity index (χ4v) is 5.59. The number of carbonyl (C=O) groups is 2. The maximum atomic E-state index is 13.1. The second kappa shape index (κ2) is 11.0. The van der Waals surface area contributed by atoms with Crippen molar-refractivity contribution >= 4 is 22.7 Å². The van der Waals surface area contributed by atoms with Crippen LogP contribution in [0.2, 0.25) is 0 Å². The molecule has 0 radical (unpaired) electrons. The number of hydrogen-bond donors (Lipinski definition) is 2. The zero-order valence-corrected chi connectivity index (χ0v) is 22.1. The Hall–Kier alpha value is -4.04. The van der Waals surface area contributed by atoms with Crippen LogP contribution in [-0.2, 0) is 6.54 Å². The number of hydrogen-bond acceptors (Lipinski definition) is 6. The highest BCUT2D eigenvalue weighted by molar-refractivity contribution is 6.05. The summed E-state index contributed by atoms with van der Waals surface area (Å²) in [7, 11) is 0. The highest BCUT2D eigenvalue weighted by Crippen LogP contribution is 2.56. The number of fused-ring (bicyclic) bond motifs is 1. The maximum absolute atomic E-state index is 13.1. The number of aromatic nitrogens is 3. The number of aryl methyl sites for hydroxylation is 1. The molecule has 0 bridgehead atoms. The summed E-state index contributed by atoms with van der Waals surface area (Å²) in [6, 6.07) is 6.97. The summed E-state index contributed by atoms with van der Waals surface area (Å²) in [4.78, 5) is 28.8. The minimum atomic E-state index is -4.48. The Kier molecular flexibility index (Phi) is 7.70. The Morgan fingerprint density at radius 1 is 1.05 bits per heavy atom. The van der Waals surface area contributed by atoms with Gasteiger partial charge in [-0.2, -0.15) is 31.4 Å². The van der Waals surface area contributed by atoms with Crippen LogP contribution in [0.15, 0.2) is 36.5 Å². The third kappa shape index (κ3) is 6.71. The van der Waals surface area contributed by atoms with Crippen molar-refractivity contribution in [1.82, 2.24) is 20.1 Å². The van der Waals surface area contributed by atoms with Gasteiger partial charge in [-0.05, 0) is 55.4 Å². The van der Waals surface area contributed by atoms with Gasteiger partial charge in [0.1, 0.15) is 17.4 Å². The van der Waals surface area contributed by atoms with Crippen LogP contribution < -0.4 is 20.5 Å². The first-order chi connectivity index (χ1) is 19.7. The lowest BCUT2D eigenvalue weighted by atomic mass is 9.53. The third-order valence-electron chi connectivity index (χ3n) is 7.53. The van der Waals surface area contributed by atoms with Crippen LogP contribution in [0.4, 0.5) is 26.3 Å². The van der Waals surface area contributed by atoms with Gasteiger partial charge in [-0.1, -0.05) is 0 Å². The minimum Gasteiger partial charge on any atom is -0.493 e. The van der Waals surface area contributed by atoms with Crippen LogP contribution in [0, 0.1) is 5.41 Å². The summed E-state index contributed by atoms with van der Waals surface area (Å²) in [6.07, 6.45) is -7.26. The van der Waals surface area contributed by atoms with E-state index >= 15 is 0 Å². The van der Waals surface area contributed by atoms with Crippen LogP contribution in [-0.4, -0.2) is 57.7 Å². The summed E-state index contributed by atoms with van der Waals surface area (Å²) >= 11 is 0. The number of amides is 2. The Labute approximate surface area is 235 Å². The van der Waals surface area contributed by atoms with E-state index in [1.807, 2.05) is 0 Å². The predicted octanol–water partition coefficient (Wildman–Crippen LogP) is 4.93. The molecule has 2 saturated carbocycles. The molecule has 2 fully saturated rings. The summed E-state index contributed by atoms with van der Waals surface area (Å²) in [5, 5.41) is 7.26. The average Bonchev–Trinajstić information content (AvgIpc) is 3.22. The summed E-state index contributed by atoms with van der Waals surface area (Å²) < 4.78 is 88.2. The molecule has 2 aromatic heterocycles. The van der Waals surface area contributed by atoms with Gasteiger partial charge in [0.2, 0.25) is 5.88 Å². The molecule has 15 heteroatoms. The largest absolute Gasteiger partial charge is 0.493 e. The number of nitrogens with one attached hydrogen (secondary N) is 1. The van der Waals surface area contributed by atoms with E-state index in [2.05, 4.69) is 15.4 Å². The van der Waals surface area contributed by atoms with E-state index in [1.54, 1.807) is 6.07 Å². The number of nitrogens with zero attached hydrogens (tertiary/aromatic N) is 3. The lowest BCUT2D eigenvalue weighted by Gasteiger charge is -2.57. The normalized spacial score (nSPS) is 22.0. The summed E-state index contributed by atoms with van der Waals surface area (Å²) in [6.45, 7) is -1.25. The third-order valence-corrected chi connectivity index (χ3v) is 7.53. The molecule has 2 amide bonds. The van der Waals surface area contributed by atoms with Crippen molar-refractivity contribution in [3.8, 4) is 11.6 Å². The molecule has 2 heterocycles. The topological polar surface area (TPSA) is 121 Å². The Morgan fingerprint density at radius 3 is 2.43 bits per heavy atom. The maximum Gasteiger partial charge on any atom is 0.392 e. The lowest BCUT2D eigenvalue weighted by Crippen LogP contribution is -2.58. The van der Waals surface area contributed by atoms with Crippen molar-refractivity contribution in [2.75, 3.05) is 6.61 Å². The van der Waals surface area contributed by atoms with E-state index < -0.39 is 50.2 Å². The lowest BCUT2D eigenvalue weighted by molar-refractivity contribution is -0.139. The second-order valence-corrected chi connectivity index (χ2v) is 10.8. The van der Waals surface area contributed by atoms with E-state index in [-0.39, 0.29) is 51.4 Å². The van der Waals surface area contributed by atoms with Gasteiger partial charge >= 0.3 is 12.4 Å². The van der Waals surface area contributed by atoms with Gasteiger partial charge < -0.3 is 20.5 Å². The van der Waals surface area contributed by atoms with Gasteiger partial charge in [0.25, 0.3) is 11.8 Å². The Balaban J connectivity index is 1.21. The van der Waals surface area contributed by atoms with Gasteiger partial charge in [0.15, 0.2) is 5.69 Å². The molecular weight excluding hydrogens is 572 g/mol. The number of rotatable bonds is 10. The van der Waals surface area contributed by atoms with Gasteiger partial charge in [0.05, 0.1) is 31.5 Å². The highest BCUT2D eigenvalue weighted by atomic mass is 19.4. The van der Waals surface area contributed by atoms with Crippen molar-refractivity contribution in [3.05, 3.63) is 47.8 Å². The van der Waals surface area contributed by atoms with E-state index in [9.17, 15) is 35.9 Å². The van der Waals surface area contributed by atoms with E-state index in [0.29, 0.717) is 25.7 Å². The molecule has 0 aliphatic heterocycles. The summed E-state index contributed by atoms with van der Waals surface area (Å²) in [5.74, 6) is -1.01. The Morgan fingerprint density at radius 2 is 1.76 bits per heavy atom. The van der Waals surface area contributed by atoms with Crippen molar-refractivity contribution in [1.29, 1.82) is 0 Å². The first-order valence-corrected chi connectivity index (χ1v) is 13.2. The number of ether oxygens (including phenoxy) is 2. The van der Waals surface area contributed by atoms with Gasteiger partial charge in [-0.15, -0.1) is 0 Å². The number of halogens is 6. The number of benzene rings is 1. The Bertz CT molecular complexity index is 1470. The van der Waals surface area contributed by atoms with Crippen molar-refractivity contribution in [2.24, 2.45) is 11.1 Å². The van der Waals surface area contributed by atoms with Gasteiger partial charge in [-0.3, -0.25) is 14.3 Å². The molecule has 9 nitrogen and oxygen atoms in total. The second-order valence-electron chi connectivity index (χ2n) is 10.8. The first-order valence-electron chi connectivity index (χ1n) is 13.2. The van der Waals surface area contributed by atoms with Crippen LogP contribution in [0.1, 0.15) is 59.4 Å². The molecule has 3 N–H and O–H groups in total. The number of primary amides is 1. The molecule has 0 saturated heterocycles. The molecule has 5 rings (SSSR count). The number of carbonyl (C=O) groups excluding carboxylic acids is 2. The zero-order chi connectivity index (χ0) is 30.3. The zero-order valence-electron chi connectivity index (χ0n) is 22.1. The van der Waals surface area contributed by atoms with Crippen LogP contribution >= 0.6 is 0 Å². The molecule has 2 aliphatic rings. The SMILES string of the molecule is NC(=O)c1cccnc1OC1CC2(CC(NC(=O)c3nn(CCC(F)(F)F)c4cc(OCCC(F)(F)F)ccc34)C2)C1. The van der Waals surface area contributed by atoms with Crippen molar-refractivity contribution < 1.29 is 45.4 Å². The van der Waals surface area contributed by atoms with E-state index in [4.69, 9.17) is 15.2 Å². The fourth-order valence-electron chi connectivity index (χ4n) is 5.59. The molecule has 0 unspecified atom stereocenters. The molecule has 3 aromatic rings. The van der Waals surface area contributed by atoms with Gasteiger partial charge in [0, 0.05) is 23.7 Å². The molecule has 226 valence electrons. The molecule has 1 spiro atoms. The van der Waals surface area contributed by atoms with Gasteiger partial charge in [-0.25, -0.2) is 4.98 Å². The molecular formula is C27H27F6N5O4. The monoisotopic (exact) mass is 599 g/mol. The quantitative estimate of drug-likeness (QED) is 0.319. The average molecular weight is 600 g/mol. The van der Waals surface area contributed by atoms with Crippen molar-refractivity contribution in [3.63, 3.8) is 0 Å². The first kappa shape index (κ1) is 29.5. The smallest absolute Gasteiger partial charge is 0.392 e. The minimum absolute atomic E-state index is 0.0169. The van der Waals surface area contributed by atoms with E-state index in [1.165, 1.54) is 30.5 Å². The highest BCUT2D eigenvalue weighted by Gasteiger charge is 2.54. The molecule has 2 aliphatic carbocycles.